The quantitative estimate of drug-likeness (QED) is 0.613. The maximum atomic E-state index is 12.3. The summed E-state index contributed by atoms with van der Waals surface area (Å²) in [5.74, 6) is 0.317. The van der Waals surface area contributed by atoms with Crippen molar-refractivity contribution >= 4 is 34.1 Å². The Kier molecular flexibility index (Phi) is 5.74. The van der Waals surface area contributed by atoms with Gasteiger partial charge in [0.25, 0.3) is 5.56 Å². The normalized spacial score (nSPS) is 10.5. The van der Waals surface area contributed by atoms with E-state index in [0.717, 1.165) is 5.39 Å². The summed E-state index contributed by atoms with van der Waals surface area (Å²) in [4.78, 5) is 38.3. The number of aromatic amines is 1. The van der Waals surface area contributed by atoms with Crippen LogP contribution in [0.3, 0.4) is 0 Å². The zero-order valence-electron chi connectivity index (χ0n) is 15.7. The molecule has 7 heteroatoms. The Hall–Kier alpha value is -3.61. The minimum Gasteiger partial charge on any atom is -0.497 e. The van der Waals surface area contributed by atoms with E-state index < -0.39 is 0 Å². The molecule has 3 aromatic rings. The van der Waals surface area contributed by atoms with Crippen molar-refractivity contribution in [3.05, 3.63) is 64.4 Å². The molecule has 2 aromatic carbocycles. The fourth-order valence-electron chi connectivity index (χ4n) is 2.85. The Morgan fingerprint density at radius 2 is 1.68 bits per heavy atom. The first kappa shape index (κ1) is 19.2. The summed E-state index contributed by atoms with van der Waals surface area (Å²) in [6.45, 7) is 1.43. The Labute approximate surface area is 161 Å². The highest BCUT2D eigenvalue weighted by molar-refractivity contribution is 5.92. The Balaban J connectivity index is 1.63. The number of fused-ring (bicyclic) bond motifs is 1. The first-order valence-corrected chi connectivity index (χ1v) is 8.82. The van der Waals surface area contributed by atoms with E-state index in [-0.39, 0.29) is 23.8 Å². The molecule has 0 fully saturated rings. The molecule has 0 saturated carbocycles. The molecule has 144 valence electrons. The van der Waals surface area contributed by atoms with E-state index in [9.17, 15) is 14.4 Å². The summed E-state index contributed by atoms with van der Waals surface area (Å²) in [5.41, 5.74) is 2.31. The molecule has 0 spiro atoms. The highest BCUT2D eigenvalue weighted by atomic mass is 16.5. The number of amides is 2. The monoisotopic (exact) mass is 379 g/mol. The number of ether oxygens (including phenoxy) is 1. The highest BCUT2D eigenvalue weighted by Gasteiger charge is 2.08. The number of hydrogen-bond donors (Lipinski definition) is 3. The minimum absolute atomic E-state index is 0.157. The first-order chi connectivity index (χ1) is 13.4. The van der Waals surface area contributed by atoms with Gasteiger partial charge in [0.1, 0.15) is 5.75 Å². The molecule has 3 rings (SSSR count). The second-order valence-corrected chi connectivity index (χ2v) is 6.38. The zero-order chi connectivity index (χ0) is 20.1. The lowest BCUT2D eigenvalue weighted by molar-refractivity contribution is -0.116. The molecule has 2 amide bonds. The number of benzene rings is 2. The number of pyridine rings is 1. The van der Waals surface area contributed by atoms with Gasteiger partial charge >= 0.3 is 0 Å². The third-order valence-electron chi connectivity index (χ3n) is 4.24. The summed E-state index contributed by atoms with van der Waals surface area (Å²) < 4.78 is 5.16. The predicted molar refractivity (Wildman–Crippen MR) is 109 cm³/mol. The van der Waals surface area contributed by atoms with Gasteiger partial charge < -0.3 is 20.4 Å². The molecule has 3 N–H and O–H groups in total. The number of carbonyl (C=O) groups is 2. The second kappa shape index (κ2) is 8.39. The van der Waals surface area contributed by atoms with E-state index in [2.05, 4.69) is 15.6 Å². The average molecular weight is 379 g/mol. The van der Waals surface area contributed by atoms with Gasteiger partial charge in [0.2, 0.25) is 11.8 Å². The van der Waals surface area contributed by atoms with Gasteiger partial charge in [-0.3, -0.25) is 14.4 Å². The smallest absolute Gasteiger partial charge is 0.251 e. The summed E-state index contributed by atoms with van der Waals surface area (Å²) >= 11 is 0. The molecule has 28 heavy (non-hydrogen) atoms. The Morgan fingerprint density at radius 1 is 1.00 bits per heavy atom. The summed E-state index contributed by atoms with van der Waals surface area (Å²) in [7, 11) is 1.57. The van der Waals surface area contributed by atoms with Gasteiger partial charge in [0, 0.05) is 36.3 Å². The average Bonchev–Trinajstić information content (AvgIpc) is 2.67. The van der Waals surface area contributed by atoms with Crippen molar-refractivity contribution < 1.29 is 14.3 Å². The van der Waals surface area contributed by atoms with Crippen LogP contribution in [0, 0.1) is 0 Å². The van der Waals surface area contributed by atoms with Crippen molar-refractivity contribution in [2.45, 2.75) is 19.8 Å². The standard InChI is InChI=1S/C21H21N3O4/c1-13(25)22-16-5-7-17(8-6-16)23-20(26)10-4-15-11-14-3-9-18(28-2)12-19(14)24-21(15)27/h3,5-9,11-12H,4,10H2,1-2H3,(H,22,25)(H,23,26)(H,24,27). The molecule has 0 aliphatic rings. The van der Waals surface area contributed by atoms with Crippen LogP contribution in [0.1, 0.15) is 18.9 Å². The van der Waals surface area contributed by atoms with Crippen LogP contribution in [0.4, 0.5) is 11.4 Å². The lowest BCUT2D eigenvalue weighted by Gasteiger charge is -2.08. The Bertz CT molecular complexity index is 1070. The van der Waals surface area contributed by atoms with Gasteiger partial charge in [-0.2, -0.15) is 0 Å². The van der Waals surface area contributed by atoms with E-state index in [0.29, 0.717) is 34.6 Å². The number of aryl methyl sites for hydroxylation is 1. The van der Waals surface area contributed by atoms with Gasteiger partial charge in [0.05, 0.1) is 12.6 Å². The number of carbonyl (C=O) groups excluding carboxylic acids is 2. The number of nitrogens with one attached hydrogen (secondary N) is 3. The van der Waals surface area contributed by atoms with E-state index in [1.807, 2.05) is 12.1 Å². The number of anilines is 2. The van der Waals surface area contributed by atoms with Gasteiger partial charge in [-0.15, -0.1) is 0 Å². The van der Waals surface area contributed by atoms with Crippen LogP contribution in [0.2, 0.25) is 0 Å². The van der Waals surface area contributed by atoms with Crippen LogP contribution in [0.5, 0.6) is 5.75 Å². The largest absolute Gasteiger partial charge is 0.497 e. The van der Waals surface area contributed by atoms with Crippen molar-refractivity contribution in [1.82, 2.24) is 4.98 Å². The first-order valence-electron chi connectivity index (χ1n) is 8.82. The van der Waals surface area contributed by atoms with Crippen molar-refractivity contribution in [3.63, 3.8) is 0 Å². The van der Waals surface area contributed by atoms with Crippen molar-refractivity contribution in [2.24, 2.45) is 0 Å². The molecular formula is C21H21N3O4. The highest BCUT2D eigenvalue weighted by Crippen LogP contribution is 2.19. The Morgan fingerprint density at radius 3 is 2.32 bits per heavy atom. The lowest BCUT2D eigenvalue weighted by atomic mass is 10.1. The van der Waals surface area contributed by atoms with Crippen LogP contribution >= 0.6 is 0 Å². The van der Waals surface area contributed by atoms with Crippen LogP contribution in [0.25, 0.3) is 10.9 Å². The fourth-order valence-corrected chi connectivity index (χ4v) is 2.85. The lowest BCUT2D eigenvalue weighted by Crippen LogP contribution is -2.17. The minimum atomic E-state index is -0.215. The van der Waals surface area contributed by atoms with Gasteiger partial charge in [-0.25, -0.2) is 0 Å². The molecule has 0 unspecified atom stereocenters. The van der Waals surface area contributed by atoms with Crippen molar-refractivity contribution in [2.75, 3.05) is 17.7 Å². The number of aromatic nitrogens is 1. The van der Waals surface area contributed by atoms with Crippen molar-refractivity contribution in [3.8, 4) is 5.75 Å². The van der Waals surface area contributed by atoms with Crippen LogP contribution in [-0.2, 0) is 16.0 Å². The molecule has 0 aliphatic heterocycles. The topological polar surface area (TPSA) is 100 Å². The molecular weight excluding hydrogens is 358 g/mol. The number of rotatable bonds is 6. The van der Waals surface area contributed by atoms with E-state index in [1.165, 1.54) is 6.92 Å². The van der Waals surface area contributed by atoms with E-state index in [4.69, 9.17) is 4.74 Å². The van der Waals surface area contributed by atoms with E-state index >= 15 is 0 Å². The molecule has 1 heterocycles. The molecule has 0 radical (unpaired) electrons. The molecule has 7 nitrogen and oxygen atoms in total. The summed E-state index contributed by atoms with van der Waals surface area (Å²) in [6, 6.07) is 14.1. The zero-order valence-corrected chi connectivity index (χ0v) is 15.7. The van der Waals surface area contributed by atoms with Crippen LogP contribution in [-0.4, -0.2) is 23.9 Å². The van der Waals surface area contributed by atoms with Crippen LogP contribution in [0.15, 0.2) is 53.3 Å². The SMILES string of the molecule is COc1ccc2cc(CCC(=O)Nc3ccc(NC(C)=O)cc3)c(=O)[nH]c2c1. The van der Waals surface area contributed by atoms with Gasteiger partial charge in [-0.05, 0) is 54.3 Å². The second-order valence-electron chi connectivity index (χ2n) is 6.38. The molecule has 0 aliphatic carbocycles. The van der Waals surface area contributed by atoms with Gasteiger partial charge in [-0.1, -0.05) is 0 Å². The molecule has 0 saturated heterocycles. The predicted octanol–water partition coefficient (Wildman–Crippen LogP) is 3.07. The van der Waals surface area contributed by atoms with Crippen LogP contribution < -0.4 is 20.9 Å². The fraction of sp³-hybridized carbons (Fsp3) is 0.190. The van der Waals surface area contributed by atoms with Gasteiger partial charge in [0.15, 0.2) is 0 Å². The summed E-state index contributed by atoms with van der Waals surface area (Å²) in [5, 5.41) is 6.33. The molecule has 0 atom stereocenters. The molecule has 1 aromatic heterocycles. The number of H-pyrrole nitrogens is 1. The van der Waals surface area contributed by atoms with Crippen molar-refractivity contribution in [1.29, 1.82) is 0 Å². The number of methoxy groups -OCH3 is 1. The maximum Gasteiger partial charge on any atom is 0.251 e. The third kappa shape index (κ3) is 4.76. The third-order valence-corrected chi connectivity index (χ3v) is 4.24. The number of hydrogen-bond acceptors (Lipinski definition) is 4. The van der Waals surface area contributed by atoms with E-state index in [1.54, 1.807) is 43.5 Å². The molecule has 0 bridgehead atoms. The summed E-state index contributed by atoms with van der Waals surface area (Å²) in [6.07, 6.45) is 0.505. The maximum absolute atomic E-state index is 12.3.